The van der Waals surface area contributed by atoms with E-state index in [9.17, 15) is 4.79 Å². The van der Waals surface area contributed by atoms with Gasteiger partial charge in [-0.1, -0.05) is 0 Å². The van der Waals surface area contributed by atoms with Crippen molar-refractivity contribution in [1.29, 1.82) is 0 Å². The number of hydrogen-bond donors (Lipinski definition) is 0. The summed E-state index contributed by atoms with van der Waals surface area (Å²) in [4.78, 5) is 21.6. The van der Waals surface area contributed by atoms with Crippen LogP contribution in [-0.4, -0.2) is 77.3 Å². The Bertz CT molecular complexity index is 1130. The number of amides is 1. The Morgan fingerprint density at radius 2 is 1.73 bits per heavy atom. The van der Waals surface area contributed by atoms with E-state index in [-0.39, 0.29) is 12.3 Å². The van der Waals surface area contributed by atoms with Gasteiger partial charge in [0.15, 0.2) is 0 Å². The molecule has 37 heavy (non-hydrogen) atoms. The third-order valence-corrected chi connectivity index (χ3v) is 7.94. The predicted molar refractivity (Wildman–Crippen MR) is 144 cm³/mol. The SMILES string of the molecule is CC(C)(C)OC(=O)N1CCN(c2cc(B3OC(C)(C)C(C)(C)O3)cc3c2ncn3C2CCCCO2)CC1. The Hall–Kier alpha value is -2.30. The van der Waals surface area contributed by atoms with E-state index in [1.54, 1.807) is 4.90 Å². The highest BCUT2D eigenvalue weighted by atomic mass is 16.7. The van der Waals surface area contributed by atoms with Crippen LogP contribution in [0, 0.1) is 0 Å². The molecule has 0 N–H and O–H groups in total. The molecule has 3 saturated heterocycles. The molecule has 4 heterocycles. The van der Waals surface area contributed by atoms with Crippen molar-refractivity contribution in [2.45, 2.75) is 90.8 Å². The number of hydrogen-bond acceptors (Lipinski definition) is 7. The molecule has 202 valence electrons. The summed E-state index contributed by atoms with van der Waals surface area (Å²) in [6, 6.07) is 4.29. The van der Waals surface area contributed by atoms with Gasteiger partial charge in [-0.25, -0.2) is 9.78 Å². The van der Waals surface area contributed by atoms with Crippen molar-refractivity contribution < 1.29 is 23.6 Å². The van der Waals surface area contributed by atoms with Gasteiger partial charge >= 0.3 is 13.2 Å². The molecular weight excluding hydrogens is 471 g/mol. The molecule has 10 heteroatoms. The van der Waals surface area contributed by atoms with Gasteiger partial charge in [0.25, 0.3) is 0 Å². The largest absolute Gasteiger partial charge is 0.494 e. The van der Waals surface area contributed by atoms with Crippen molar-refractivity contribution >= 4 is 35.4 Å². The Kier molecular flexibility index (Phi) is 6.73. The summed E-state index contributed by atoms with van der Waals surface area (Å²) in [6.45, 7) is 17.3. The molecule has 0 radical (unpaired) electrons. The average molecular weight is 512 g/mol. The van der Waals surface area contributed by atoms with E-state index in [4.69, 9.17) is 23.8 Å². The number of ether oxygens (including phenoxy) is 2. The topological polar surface area (TPSA) is 78.3 Å². The summed E-state index contributed by atoms with van der Waals surface area (Å²) in [5.74, 6) is 0. The Balaban J connectivity index is 1.47. The fourth-order valence-corrected chi connectivity index (χ4v) is 5.12. The number of imidazole rings is 1. The third-order valence-electron chi connectivity index (χ3n) is 7.94. The highest BCUT2D eigenvalue weighted by Crippen LogP contribution is 2.38. The van der Waals surface area contributed by atoms with Crippen LogP contribution < -0.4 is 10.4 Å². The van der Waals surface area contributed by atoms with Gasteiger partial charge in [0.1, 0.15) is 17.3 Å². The highest BCUT2D eigenvalue weighted by Gasteiger charge is 2.52. The van der Waals surface area contributed by atoms with Gasteiger partial charge in [0.05, 0.1) is 28.7 Å². The number of carbonyl (C=O) groups excluding carboxylic acids is 1. The minimum absolute atomic E-state index is 0.0239. The minimum Gasteiger partial charge on any atom is -0.444 e. The Morgan fingerprint density at radius 1 is 1.05 bits per heavy atom. The molecular formula is C27H41BN4O5. The molecule has 5 rings (SSSR count). The summed E-state index contributed by atoms with van der Waals surface area (Å²) < 4.78 is 26.7. The van der Waals surface area contributed by atoms with Crippen LogP contribution in [0.25, 0.3) is 11.0 Å². The van der Waals surface area contributed by atoms with Crippen molar-refractivity contribution in [2.24, 2.45) is 0 Å². The lowest BCUT2D eigenvalue weighted by atomic mass is 9.78. The molecule has 1 aromatic heterocycles. The lowest BCUT2D eigenvalue weighted by Crippen LogP contribution is -2.50. The van der Waals surface area contributed by atoms with E-state index in [1.807, 2.05) is 27.1 Å². The van der Waals surface area contributed by atoms with Gasteiger partial charge < -0.3 is 33.1 Å². The van der Waals surface area contributed by atoms with Gasteiger partial charge in [-0.3, -0.25) is 0 Å². The molecule has 3 aliphatic rings. The lowest BCUT2D eigenvalue weighted by molar-refractivity contribution is -0.0295. The van der Waals surface area contributed by atoms with Crippen LogP contribution in [0.2, 0.25) is 0 Å². The zero-order chi connectivity index (χ0) is 26.6. The summed E-state index contributed by atoms with van der Waals surface area (Å²) in [5, 5.41) is 0. The second-order valence-electron chi connectivity index (χ2n) is 12.4. The van der Waals surface area contributed by atoms with Crippen LogP contribution in [0.4, 0.5) is 10.5 Å². The molecule has 0 spiro atoms. The number of anilines is 1. The fraction of sp³-hybridized carbons (Fsp3) is 0.704. The normalized spacial score (nSPS) is 24.1. The van der Waals surface area contributed by atoms with E-state index in [1.165, 1.54) is 0 Å². The van der Waals surface area contributed by atoms with Crippen LogP contribution in [0.15, 0.2) is 18.5 Å². The Labute approximate surface area is 220 Å². The molecule has 1 atom stereocenters. The molecule has 3 aliphatic heterocycles. The number of rotatable bonds is 3. The van der Waals surface area contributed by atoms with Crippen molar-refractivity contribution in [2.75, 3.05) is 37.7 Å². The first-order valence-electron chi connectivity index (χ1n) is 13.6. The van der Waals surface area contributed by atoms with Gasteiger partial charge in [-0.15, -0.1) is 0 Å². The molecule has 1 unspecified atom stereocenters. The molecule has 9 nitrogen and oxygen atoms in total. The van der Waals surface area contributed by atoms with E-state index in [0.29, 0.717) is 26.2 Å². The quantitative estimate of drug-likeness (QED) is 0.574. The van der Waals surface area contributed by atoms with Crippen molar-refractivity contribution in [1.82, 2.24) is 14.5 Å². The maximum absolute atomic E-state index is 12.6. The first kappa shape index (κ1) is 26.3. The first-order valence-corrected chi connectivity index (χ1v) is 13.6. The number of piperazine rings is 1. The number of carbonyl (C=O) groups is 1. The van der Waals surface area contributed by atoms with Crippen LogP contribution in [0.3, 0.4) is 0 Å². The first-order chi connectivity index (χ1) is 17.3. The molecule has 2 aromatic rings. The second-order valence-corrected chi connectivity index (χ2v) is 12.4. The molecule has 0 bridgehead atoms. The van der Waals surface area contributed by atoms with Gasteiger partial charge in [0, 0.05) is 32.8 Å². The molecule has 1 aromatic carbocycles. The fourth-order valence-electron chi connectivity index (χ4n) is 5.12. The van der Waals surface area contributed by atoms with Crippen molar-refractivity contribution in [3.8, 4) is 0 Å². The highest BCUT2D eigenvalue weighted by molar-refractivity contribution is 6.62. The van der Waals surface area contributed by atoms with Crippen LogP contribution in [0.1, 0.15) is 74.0 Å². The number of fused-ring (bicyclic) bond motifs is 1. The van der Waals surface area contributed by atoms with Gasteiger partial charge in [-0.2, -0.15) is 0 Å². The van der Waals surface area contributed by atoms with E-state index in [0.717, 1.165) is 48.1 Å². The summed E-state index contributed by atoms with van der Waals surface area (Å²) in [5.41, 5.74) is 2.57. The van der Waals surface area contributed by atoms with Crippen LogP contribution >= 0.6 is 0 Å². The van der Waals surface area contributed by atoms with Crippen LogP contribution in [0.5, 0.6) is 0 Å². The summed E-state index contributed by atoms with van der Waals surface area (Å²) in [7, 11) is -0.480. The van der Waals surface area contributed by atoms with Gasteiger partial charge in [-0.05, 0) is 85.3 Å². The molecule has 3 fully saturated rings. The lowest BCUT2D eigenvalue weighted by Gasteiger charge is -2.37. The van der Waals surface area contributed by atoms with Crippen molar-refractivity contribution in [3.05, 3.63) is 18.5 Å². The van der Waals surface area contributed by atoms with Crippen molar-refractivity contribution in [3.63, 3.8) is 0 Å². The van der Waals surface area contributed by atoms with Gasteiger partial charge in [0.2, 0.25) is 0 Å². The minimum atomic E-state index is -0.508. The smallest absolute Gasteiger partial charge is 0.444 e. The zero-order valence-electron chi connectivity index (χ0n) is 23.4. The third kappa shape index (κ3) is 5.20. The monoisotopic (exact) mass is 512 g/mol. The number of aromatic nitrogens is 2. The maximum Gasteiger partial charge on any atom is 0.494 e. The standard InChI is InChI=1S/C27H41BN4O5/c1-25(2,3)35-24(33)31-13-11-30(12-14-31)20-16-19(28-36-26(4,5)27(6,7)37-28)17-21-23(20)29-18-32(21)22-10-8-9-15-34-22/h16-18,22H,8-15H2,1-7H3. The molecule has 0 aliphatic carbocycles. The molecule has 0 saturated carbocycles. The zero-order valence-corrected chi connectivity index (χ0v) is 23.4. The maximum atomic E-state index is 12.6. The summed E-state index contributed by atoms with van der Waals surface area (Å²) in [6.07, 6.45) is 4.81. The number of nitrogens with zero attached hydrogens (tertiary/aromatic N) is 4. The second kappa shape index (κ2) is 9.47. The van der Waals surface area contributed by atoms with E-state index >= 15 is 0 Å². The summed E-state index contributed by atoms with van der Waals surface area (Å²) >= 11 is 0. The average Bonchev–Trinajstić information content (AvgIpc) is 3.35. The van der Waals surface area contributed by atoms with E-state index in [2.05, 4.69) is 49.3 Å². The predicted octanol–water partition coefficient (Wildman–Crippen LogP) is 4.09. The van der Waals surface area contributed by atoms with Crippen LogP contribution in [-0.2, 0) is 18.8 Å². The Morgan fingerprint density at radius 3 is 2.32 bits per heavy atom. The van der Waals surface area contributed by atoms with E-state index < -0.39 is 23.9 Å². The number of benzene rings is 1. The molecule has 1 amide bonds.